The van der Waals surface area contributed by atoms with Gasteiger partial charge >= 0.3 is 6.55 Å². The molecule has 2 fully saturated rings. The van der Waals surface area contributed by atoms with Crippen LogP contribution in [-0.2, 0) is 6.54 Å². The van der Waals surface area contributed by atoms with Crippen LogP contribution in [0.3, 0.4) is 0 Å². The fraction of sp³-hybridized carbons (Fsp3) is 0.750. The standard InChI is InChI=1S/C12H18F2N4/c1-8-10-5-15-4-9(10)6-17(8)7-11-16-2-3-18(11)12(13)14/h2-3,8-10,12,15H,4-7H2,1H3. The highest BCUT2D eigenvalue weighted by molar-refractivity contribution is 5.00. The van der Waals surface area contributed by atoms with Gasteiger partial charge in [-0.25, -0.2) is 4.98 Å². The van der Waals surface area contributed by atoms with Crippen molar-refractivity contribution in [2.24, 2.45) is 11.8 Å². The van der Waals surface area contributed by atoms with Crippen molar-refractivity contribution in [1.82, 2.24) is 19.8 Å². The first kappa shape index (κ1) is 12.0. The van der Waals surface area contributed by atoms with Crippen molar-refractivity contribution in [2.75, 3.05) is 19.6 Å². The maximum atomic E-state index is 12.8. The Kier molecular flexibility index (Phi) is 3.07. The van der Waals surface area contributed by atoms with Gasteiger partial charge < -0.3 is 5.32 Å². The van der Waals surface area contributed by atoms with Gasteiger partial charge in [0.15, 0.2) is 0 Å². The normalized spacial score (nSPS) is 32.3. The Hall–Kier alpha value is -1.01. The summed E-state index contributed by atoms with van der Waals surface area (Å²) >= 11 is 0. The van der Waals surface area contributed by atoms with Gasteiger partial charge in [0.25, 0.3) is 0 Å². The molecule has 0 aliphatic carbocycles. The monoisotopic (exact) mass is 256 g/mol. The van der Waals surface area contributed by atoms with Gasteiger partial charge in [-0.1, -0.05) is 0 Å². The molecule has 0 saturated carbocycles. The summed E-state index contributed by atoms with van der Waals surface area (Å²) in [6, 6.07) is 0.438. The lowest BCUT2D eigenvalue weighted by Gasteiger charge is -2.24. The molecule has 18 heavy (non-hydrogen) atoms. The number of aromatic nitrogens is 2. The fourth-order valence-electron chi connectivity index (χ4n) is 3.29. The van der Waals surface area contributed by atoms with Gasteiger partial charge in [0.05, 0.1) is 6.54 Å². The number of fused-ring (bicyclic) bond motifs is 1. The van der Waals surface area contributed by atoms with Gasteiger partial charge in [0.1, 0.15) is 5.82 Å². The molecule has 1 N–H and O–H groups in total. The number of imidazole rings is 1. The number of nitrogens with zero attached hydrogens (tertiary/aromatic N) is 3. The highest BCUT2D eigenvalue weighted by Gasteiger charge is 2.41. The summed E-state index contributed by atoms with van der Waals surface area (Å²) in [5.41, 5.74) is 0. The lowest BCUT2D eigenvalue weighted by atomic mass is 9.95. The van der Waals surface area contributed by atoms with Crippen LogP contribution in [0.2, 0.25) is 0 Å². The smallest absolute Gasteiger partial charge is 0.316 e. The SMILES string of the molecule is CC1C2CNCC2CN1Cc1nccn1C(F)F. The third kappa shape index (κ3) is 1.93. The molecule has 4 nitrogen and oxygen atoms in total. The van der Waals surface area contributed by atoms with E-state index >= 15 is 0 Å². The Balaban J connectivity index is 1.72. The number of halogens is 2. The average molecular weight is 256 g/mol. The third-order valence-corrected chi connectivity index (χ3v) is 4.36. The molecular formula is C12H18F2N4. The van der Waals surface area contributed by atoms with Gasteiger partial charge in [-0.3, -0.25) is 9.47 Å². The highest BCUT2D eigenvalue weighted by Crippen LogP contribution is 2.33. The molecule has 1 aromatic heterocycles. The summed E-state index contributed by atoms with van der Waals surface area (Å²) in [5, 5.41) is 3.40. The summed E-state index contributed by atoms with van der Waals surface area (Å²) in [5.74, 6) is 1.78. The van der Waals surface area contributed by atoms with Gasteiger partial charge in [-0.2, -0.15) is 8.78 Å². The zero-order chi connectivity index (χ0) is 12.7. The Bertz CT molecular complexity index is 420. The molecule has 2 aliphatic rings. The van der Waals surface area contributed by atoms with E-state index in [-0.39, 0.29) is 0 Å². The topological polar surface area (TPSA) is 33.1 Å². The summed E-state index contributed by atoms with van der Waals surface area (Å²) < 4.78 is 26.5. The maximum absolute atomic E-state index is 12.8. The first-order valence-corrected chi connectivity index (χ1v) is 6.41. The third-order valence-electron chi connectivity index (χ3n) is 4.36. The van der Waals surface area contributed by atoms with E-state index in [0.29, 0.717) is 30.2 Å². The number of nitrogens with one attached hydrogen (secondary N) is 1. The predicted octanol–water partition coefficient (Wildman–Crippen LogP) is 1.32. The van der Waals surface area contributed by atoms with E-state index in [9.17, 15) is 8.78 Å². The molecule has 0 spiro atoms. The molecule has 3 rings (SSSR count). The lowest BCUT2D eigenvalue weighted by Crippen LogP contribution is -2.33. The second-order valence-electron chi connectivity index (χ2n) is 5.28. The number of hydrogen-bond acceptors (Lipinski definition) is 3. The number of rotatable bonds is 3. The van der Waals surface area contributed by atoms with Crippen molar-refractivity contribution in [3.63, 3.8) is 0 Å². The molecule has 100 valence electrons. The molecule has 0 aromatic carbocycles. The number of likely N-dealkylation sites (tertiary alicyclic amines) is 1. The van der Waals surface area contributed by atoms with E-state index < -0.39 is 6.55 Å². The van der Waals surface area contributed by atoms with Gasteiger partial charge in [0.2, 0.25) is 0 Å². The van der Waals surface area contributed by atoms with E-state index in [0.717, 1.165) is 24.2 Å². The lowest BCUT2D eigenvalue weighted by molar-refractivity contribution is 0.0632. The minimum Gasteiger partial charge on any atom is -0.316 e. The summed E-state index contributed by atoms with van der Waals surface area (Å²) in [4.78, 5) is 6.33. The van der Waals surface area contributed by atoms with Crippen molar-refractivity contribution < 1.29 is 8.78 Å². The van der Waals surface area contributed by atoms with Crippen molar-refractivity contribution in [3.05, 3.63) is 18.2 Å². The van der Waals surface area contributed by atoms with E-state index in [4.69, 9.17) is 0 Å². The van der Waals surface area contributed by atoms with Gasteiger partial charge in [-0.15, -0.1) is 0 Å². The van der Waals surface area contributed by atoms with Crippen LogP contribution in [0.5, 0.6) is 0 Å². The zero-order valence-electron chi connectivity index (χ0n) is 10.4. The van der Waals surface area contributed by atoms with Crippen molar-refractivity contribution in [1.29, 1.82) is 0 Å². The van der Waals surface area contributed by atoms with Gasteiger partial charge in [0, 0.05) is 25.0 Å². The molecule has 3 atom stereocenters. The van der Waals surface area contributed by atoms with Crippen LogP contribution in [0, 0.1) is 11.8 Å². The van der Waals surface area contributed by atoms with Crippen LogP contribution >= 0.6 is 0 Å². The predicted molar refractivity (Wildman–Crippen MR) is 63.2 cm³/mol. The van der Waals surface area contributed by atoms with Crippen molar-refractivity contribution in [3.8, 4) is 0 Å². The molecular weight excluding hydrogens is 238 g/mol. The number of alkyl halides is 2. The van der Waals surface area contributed by atoms with E-state index in [1.807, 2.05) is 0 Å². The molecule has 2 saturated heterocycles. The first-order valence-electron chi connectivity index (χ1n) is 6.41. The Morgan fingerprint density at radius 1 is 1.50 bits per heavy atom. The van der Waals surface area contributed by atoms with Crippen LogP contribution in [0.4, 0.5) is 8.78 Å². The minimum atomic E-state index is -2.50. The van der Waals surface area contributed by atoms with Gasteiger partial charge in [-0.05, 0) is 31.8 Å². The van der Waals surface area contributed by atoms with Crippen molar-refractivity contribution in [2.45, 2.75) is 26.1 Å². The largest absolute Gasteiger partial charge is 0.319 e. The van der Waals surface area contributed by atoms with Crippen molar-refractivity contribution >= 4 is 0 Å². The molecule has 2 aliphatic heterocycles. The first-order chi connectivity index (χ1) is 8.66. The fourth-order valence-corrected chi connectivity index (χ4v) is 3.29. The average Bonchev–Trinajstić information content (AvgIpc) is 2.99. The minimum absolute atomic E-state index is 0.438. The zero-order valence-corrected chi connectivity index (χ0v) is 10.4. The molecule has 0 radical (unpaired) electrons. The van der Waals surface area contributed by atoms with E-state index in [2.05, 4.69) is 22.1 Å². The summed E-state index contributed by atoms with van der Waals surface area (Å²) in [7, 11) is 0. The second kappa shape index (κ2) is 4.59. The molecule has 3 heterocycles. The Labute approximate surface area is 105 Å². The Morgan fingerprint density at radius 2 is 2.33 bits per heavy atom. The molecule has 1 aromatic rings. The molecule has 0 amide bonds. The van der Waals surface area contributed by atoms with Crippen LogP contribution in [0.15, 0.2) is 12.4 Å². The number of hydrogen-bond donors (Lipinski definition) is 1. The second-order valence-corrected chi connectivity index (χ2v) is 5.28. The van der Waals surface area contributed by atoms with Crippen LogP contribution in [0.25, 0.3) is 0 Å². The Morgan fingerprint density at radius 3 is 3.06 bits per heavy atom. The van der Waals surface area contributed by atoms with E-state index in [1.54, 1.807) is 0 Å². The quantitative estimate of drug-likeness (QED) is 0.885. The molecule has 3 unspecified atom stereocenters. The van der Waals surface area contributed by atoms with Crippen LogP contribution < -0.4 is 5.32 Å². The van der Waals surface area contributed by atoms with Crippen LogP contribution in [-0.4, -0.2) is 40.1 Å². The summed E-state index contributed by atoms with van der Waals surface area (Å²) in [6.07, 6.45) is 2.80. The van der Waals surface area contributed by atoms with E-state index in [1.165, 1.54) is 12.4 Å². The maximum Gasteiger partial charge on any atom is 0.319 e. The van der Waals surface area contributed by atoms with Crippen LogP contribution in [0.1, 0.15) is 19.3 Å². The molecule has 0 bridgehead atoms. The molecule has 6 heteroatoms. The summed E-state index contributed by atoms with van der Waals surface area (Å²) in [6.45, 7) is 3.29. The highest BCUT2D eigenvalue weighted by atomic mass is 19.3.